The number of hydrogen-bond donors (Lipinski definition) is 2. The highest BCUT2D eigenvalue weighted by atomic mass is 16.5. The van der Waals surface area contributed by atoms with E-state index in [1.807, 2.05) is 0 Å². The van der Waals surface area contributed by atoms with Crippen molar-refractivity contribution in [2.45, 2.75) is 26.3 Å². The molecule has 1 aromatic carbocycles. The van der Waals surface area contributed by atoms with Crippen molar-refractivity contribution in [3.8, 4) is 11.5 Å². The largest absolute Gasteiger partial charge is 0.497 e. The lowest BCUT2D eigenvalue weighted by atomic mass is 9.89. The van der Waals surface area contributed by atoms with Gasteiger partial charge in [-0.05, 0) is 37.6 Å². The Morgan fingerprint density at radius 3 is 2.45 bits per heavy atom. The Labute approximate surface area is 120 Å². The van der Waals surface area contributed by atoms with E-state index in [4.69, 9.17) is 15.2 Å². The van der Waals surface area contributed by atoms with Gasteiger partial charge < -0.3 is 15.2 Å². The van der Waals surface area contributed by atoms with Crippen LogP contribution >= 0.6 is 0 Å². The molecule has 0 saturated carbocycles. The summed E-state index contributed by atoms with van der Waals surface area (Å²) in [5.41, 5.74) is 5.27. The number of carbonyl (C=O) groups excluding carboxylic acids is 1. The number of nitrogens with one attached hydrogen (secondary N) is 1. The van der Waals surface area contributed by atoms with E-state index in [-0.39, 0.29) is 0 Å². The van der Waals surface area contributed by atoms with E-state index < -0.39 is 11.4 Å². The van der Waals surface area contributed by atoms with Crippen molar-refractivity contribution in [2.24, 2.45) is 11.7 Å². The van der Waals surface area contributed by atoms with Crippen molar-refractivity contribution < 1.29 is 14.3 Å². The fraction of sp³-hybridized carbons (Fsp3) is 0.533. The van der Waals surface area contributed by atoms with Gasteiger partial charge in [-0.25, -0.2) is 0 Å². The molecular weight excluding hydrogens is 256 g/mol. The Hall–Kier alpha value is -1.75. The molecular formula is C15H24N2O3. The predicted molar refractivity (Wildman–Crippen MR) is 78.9 cm³/mol. The Kier molecular flexibility index (Phi) is 5.39. The lowest BCUT2D eigenvalue weighted by Crippen LogP contribution is -2.51. The van der Waals surface area contributed by atoms with Crippen molar-refractivity contribution >= 4 is 5.91 Å². The van der Waals surface area contributed by atoms with Crippen LogP contribution in [0.5, 0.6) is 11.5 Å². The third-order valence-electron chi connectivity index (χ3n) is 3.30. The minimum absolute atomic E-state index is 0.394. The molecule has 20 heavy (non-hydrogen) atoms. The Morgan fingerprint density at radius 1 is 1.35 bits per heavy atom. The minimum Gasteiger partial charge on any atom is -0.497 e. The number of nitrogens with two attached hydrogens (primary N) is 1. The standard InChI is InChI=1S/C15H24N2O3/c1-10(2)9-17-15(3,14(16)18)12-8-11(19-4)6-7-13(12)20-5/h6-8,10,17H,9H2,1-5H3,(H2,16,18). The molecule has 0 aliphatic heterocycles. The van der Waals surface area contributed by atoms with Gasteiger partial charge in [-0.3, -0.25) is 10.1 Å². The first kappa shape index (κ1) is 16.3. The molecule has 1 amide bonds. The Morgan fingerprint density at radius 2 is 2.00 bits per heavy atom. The summed E-state index contributed by atoms with van der Waals surface area (Å²) in [5, 5.41) is 3.23. The second-order valence-electron chi connectivity index (χ2n) is 5.33. The van der Waals surface area contributed by atoms with Gasteiger partial charge in [-0.1, -0.05) is 13.8 Å². The predicted octanol–water partition coefficient (Wildman–Crippen LogP) is 1.65. The van der Waals surface area contributed by atoms with Crippen LogP contribution < -0.4 is 20.5 Å². The zero-order valence-corrected chi connectivity index (χ0v) is 12.8. The molecule has 1 unspecified atom stereocenters. The van der Waals surface area contributed by atoms with Crippen molar-refractivity contribution in [1.29, 1.82) is 0 Å². The molecule has 0 radical (unpaired) electrons. The van der Waals surface area contributed by atoms with Crippen molar-refractivity contribution in [2.75, 3.05) is 20.8 Å². The average molecular weight is 280 g/mol. The normalized spacial score (nSPS) is 13.9. The molecule has 112 valence electrons. The zero-order chi connectivity index (χ0) is 15.3. The summed E-state index contributed by atoms with van der Waals surface area (Å²) in [5.74, 6) is 1.19. The maximum Gasteiger partial charge on any atom is 0.242 e. The zero-order valence-electron chi connectivity index (χ0n) is 12.8. The van der Waals surface area contributed by atoms with Gasteiger partial charge in [0.1, 0.15) is 17.0 Å². The summed E-state index contributed by atoms with van der Waals surface area (Å²) >= 11 is 0. The van der Waals surface area contributed by atoms with Crippen LogP contribution in [0.2, 0.25) is 0 Å². The molecule has 0 spiro atoms. The van der Waals surface area contributed by atoms with Gasteiger partial charge in [0.05, 0.1) is 14.2 Å². The summed E-state index contributed by atoms with van der Waals surface area (Å²) in [4.78, 5) is 12.0. The van der Waals surface area contributed by atoms with Crippen LogP contribution in [0.3, 0.4) is 0 Å². The highest BCUT2D eigenvalue weighted by Crippen LogP contribution is 2.33. The molecule has 5 nitrogen and oxygen atoms in total. The van der Waals surface area contributed by atoms with Crippen molar-refractivity contribution in [3.05, 3.63) is 23.8 Å². The summed E-state index contributed by atoms with van der Waals surface area (Å²) in [7, 11) is 3.14. The third kappa shape index (κ3) is 3.42. The molecule has 0 fully saturated rings. The maximum atomic E-state index is 12.0. The number of hydrogen-bond acceptors (Lipinski definition) is 4. The molecule has 5 heteroatoms. The van der Waals surface area contributed by atoms with E-state index in [9.17, 15) is 4.79 Å². The SMILES string of the molecule is COc1ccc(OC)c(C(C)(NCC(C)C)C(N)=O)c1. The third-order valence-corrected chi connectivity index (χ3v) is 3.30. The van der Waals surface area contributed by atoms with E-state index in [1.165, 1.54) is 0 Å². The van der Waals surface area contributed by atoms with E-state index in [0.29, 0.717) is 29.5 Å². The molecule has 0 aromatic heterocycles. The molecule has 0 heterocycles. The number of amides is 1. The summed E-state index contributed by atoms with van der Waals surface area (Å²) in [6.45, 7) is 6.56. The molecule has 0 aliphatic rings. The molecule has 1 rings (SSSR count). The van der Waals surface area contributed by atoms with Crippen LogP contribution in [0.15, 0.2) is 18.2 Å². The smallest absolute Gasteiger partial charge is 0.242 e. The molecule has 1 atom stereocenters. The first-order valence-electron chi connectivity index (χ1n) is 6.62. The fourth-order valence-electron chi connectivity index (χ4n) is 1.93. The molecule has 1 aromatic rings. The number of rotatable bonds is 7. The van der Waals surface area contributed by atoms with E-state index >= 15 is 0 Å². The maximum absolute atomic E-state index is 12.0. The topological polar surface area (TPSA) is 73.6 Å². The van der Waals surface area contributed by atoms with Crippen LogP contribution in [0.25, 0.3) is 0 Å². The highest BCUT2D eigenvalue weighted by Gasteiger charge is 2.36. The summed E-state index contributed by atoms with van der Waals surface area (Å²) < 4.78 is 10.6. The van der Waals surface area contributed by atoms with Crippen LogP contribution in [-0.4, -0.2) is 26.7 Å². The van der Waals surface area contributed by atoms with Crippen LogP contribution in [0.1, 0.15) is 26.3 Å². The van der Waals surface area contributed by atoms with Crippen LogP contribution in [0, 0.1) is 5.92 Å². The number of methoxy groups -OCH3 is 2. The van der Waals surface area contributed by atoms with Gasteiger partial charge in [0.2, 0.25) is 5.91 Å². The monoisotopic (exact) mass is 280 g/mol. The van der Waals surface area contributed by atoms with Gasteiger partial charge in [0.25, 0.3) is 0 Å². The van der Waals surface area contributed by atoms with Gasteiger partial charge >= 0.3 is 0 Å². The van der Waals surface area contributed by atoms with Gasteiger partial charge in [0, 0.05) is 5.56 Å². The number of primary amides is 1. The lowest BCUT2D eigenvalue weighted by Gasteiger charge is -2.30. The molecule has 0 bridgehead atoms. The molecule has 0 aliphatic carbocycles. The molecule has 3 N–H and O–H groups in total. The van der Waals surface area contributed by atoms with E-state index in [2.05, 4.69) is 19.2 Å². The fourth-order valence-corrected chi connectivity index (χ4v) is 1.93. The Balaban J connectivity index is 3.28. The van der Waals surface area contributed by atoms with Gasteiger partial charge in [-0.2, -0.15) is 0 Å². The quantitative estimate of drug-likeness (QED) is 0.796. The first-order chi connectivity index (χ1) is 9.35. The Bertz CT molecular complexity index is 474. The number of benzene rings is 1. The van der Waals surface area contributed by atoms with E-state index in [0.717, 1.165) is 0 Å². The summed E-state index contributed by atoms with van der Waals surface area (Å²) in [6, 6.07) is 5.33. The number of carbonyl (C=O) groups is 1. The van der Waals surface area contributed by atoms with Crippen molar-refractivity contribution in [1.82, 2.24) is 5.32 Å². The molecule has 0 saturated heterocycles. The summed E-state index contributed by atoms with van der Waals surface area (Å²) in [6.07, 6.45) is 0. The first-order valence-corrected chi connectivity index (χ1v) is 6.62. The van der Waals surface area contributed by atoms with Gasteiger partial charge in [-0.15, -0.1) is 0 Å². The lowest BCUT2D eigenvalue weighted by molar-refractivity contribution is -0.124. The van der Waals surface area contributed by atoms with E-state index in [1.54, 1.807) is 39.3 Å². The van der Waals surface area contributed by atoms with Crippen LogP contribution in [0.4, 0.5) is 0 Å². The van der Waals surface area contributed by atoms with Gasteiger partial charge in [0.15, 0.2) is 0 Å². The van der Waals surface area contributed by atoms with Crippen molar-refractivity contribution in [3.63, 3.8) is 0 Å². The second kappa shape index (κ2) is 6.61. The second-order valence-corrected chi connectivity index (χ2v) is 5.33. The highest BCUT2D eigenvalue weighted by molar-refractivity contribution is 5.86. The van der Waals surface area contributed by atoms with Crippen LogP contribution in [-0.2, 0) is 10.3 Å². The number of ether oxygens (including phenoxy) is 2. The average Bonchev–Trinajstić information content (AvgIpc) is 2.43. The minimum atomic E-state index is -1.01.